The van der Waals surface area contributed by atoms with Crippen LogP contribution in [-0.4, -0.2) is 18.4 Å². The van der Waals surface area contributed by atoms with Gasteiger partial charge in [-0.1, -0.05) is 13.8 Å². The Morgan fingerprint density at radius 3 is 2.73 bits per heavy atom. The zero-order chi connectivity index (χ0) is 8.43. The largest absolute Gasteiger partial charge is 0.454 e. The smallest absolute Gasteiger partial charge is 0.309 e. The van der Waals surface area contributed by atoms with Gasteiger partial charge in [-0.15, -0.1) is 0 Å². The van der Waals surface area contributed by atoms with Crippen molar-refractivity contribution in [2.24, 2.45) is 11.8 Å². The Bertz CT molecular complexity index is 176. The van der Waals surface area contributed by atoms with Gasteiger partial charge < -0.3 is 4.74 Å². The van der Waals surface area contributed by atoms with E-state index in [9.17, 15) is 9.59 Å². The molecule has 0 aliphatic carbocycles. The molecule has 1 heterocycles. The number of rotatable bonds is 1. The Balaban J connectivity index is 2.61. The molecule has 1 saturated heterocycles. The minimum absolute atomic E-state index is 0.0544. The summed E-state index contributed by atoms with van der Waals surface area (Å²) in [7, 11) is 0. The van der Waals surface area contributed by atoms with Crippen LogP contribution in [0, 0.1) is 11.8 Å². The van der Waals surface area contributed by atoms with Gasteiger partial charge in [0.1, 0.15) is 0 Å². The van der Waals surface area contributed by atoms with Crippen molar-refractivity contribution in [2.45, 2.75) is 26.4 Å². The molecule has 0 saturated carbocycles. The van der Waals surface area contributed by atoms with E-state index in [-0.39, 0.29) is 17.8 Å². The first kappa shape index (κ1) is 8.24. The van der Waals surface area contributed by atoms with Crippen LogP contribution in [0.2, 0.25) is 0 Å². The van der Waals surface area contributed by atoms with Crippen molar-refractivity contribution in [3.63, 3.8) is 0 Å². The molecular formula is C8H12O3. The van der Waals surface area contributed by atoms with Gasteiger partial charge in [-0.2, -0.15) is 0 Å². The van der Waals surface area contributed by atoms with Crippen molar-refractivity contribution >= 4 is 12.3 Å². The summed E-state index contributed by atoms with van der Waals surface area (Å²) >= 11 is 0. The van der Waals surface area contributed by atoms with Crippen LogP contribution >= 0.6 is 0 Å². The zero-order valence-electron chi connectivity index (χ0n) is 6.74. The maximum Gasteiger partial charge on any atom is 0.309 e. The second-order valence-electron chi connectivity index (χ2n) is 3.15. The minimum Gasteiger partial charge on any atom is -0.454 e. The highest BCUT2D eigenvalue weighted by molar-refractivity contribution is 5.76. The number of aldehydes is 1. The van der Waals surface area contributed by atoms with Crippen molar-refractivity contribution in [2.75, 3.05) is 0 Å². The lowest BCUT2D eigenvalue weighted by Gasteiger charge is -2.28. The minimum atomic E-state index is -0.515. The second-order valence-corrected chi connectivity index (χ2v) is 3.15. The van der Waals surface area contributed by atoms with Crippen LogP contribution in [0.15, 0.2) is 0 Å². The molecule has 0 amide bonds. The molecule has 0 bridgehead atoms. The molecule has 0 radical (unpaired) electrons. The summed E-state index contributed by atoms with van der Waals surface area (Å²) in [6.45, 7) is 3.74. The number of hydrogen-bond acceptors (Lipinski definition) is 3. The molecule has 11 heavy (non-hydrogen) atoms. The molecule has 1 aliphatic rings. The molecule has 0 aromatic rings. The highest BCUT2D eigenvalue weighted by Crippen LogP contribution is 2.24. The highest BCUT2D eigenvalue weighted by Gasteiger charge is 2.32. The lowest BCUT2D eigenvalue weighted by atomic mass is 9.90. The fraction of sp³-hybridized carbons (Fsp3) is 0.750. The molecule has 0 aromatic heterocycles. The number of carbonyl (C=O) groups excluding carboxylic acids is 2. The van der Waals surface area contributed by atoms with Crippen LogP contribution in [-0.2, 0) is 14.3 Å². The van der Waals surface area contributed by atoms with Gasteiger partial charge in [0.15, 0.2) is 12.4 Å². The number of esters is 1. The van der Waals surface area contributed by atoms with Crippen molar-refractivity contribution in [3.05, 3.63) is 0 Å². The molecule has 0 N–H and O–H groups in total. The second kappa shape index (κ2) is 3.03. The van der Waals surface area contributed by atoms with Gasteiger partial charge in [0.05, 0.1) is 5.92 Å². The maximum atomic E-state index is 10.9. The molecule has 0 aromatic carbocycles. The fourth-order valence-electron chi connectivity index (χ4n) is 1.32. The van der Waals surface area contributed by atoms with Crippen molar-refractivity contribution < 1.29 is 14.3 Å². The molecule has 1 aliphatic heterocycles. The molecule has 0 spiro atoms. The first-order valence-electron chi connectivity index (χ1n) is 3.81. The van der Waals surface area contributed by atoms with E-state index >= 15 is 0 Å². The van der Waals surface area contributed by atoms with E-state index in [1.807, 2.05) is 13.8 Å². The summed E-state index contributed by atoms with van der Waals surface area (Å²) in [5.74, 6) is -0.137. The lowest BCUT2D eigenvalue weighted by Crippen LogP contribution is -2.36. The first-order chi connectivity index (χ1) is 5.15. The summed E-state index contributed by atoms with van der Waals surface area (Å²) in [4.78, 5) is 21.3. The lowest BCUT2D eigenvalue weighted by molar-refractivity contribution is -0.165. The van der Waals surface area contributed by atoms with Crippen LogP contribution in [0.5, 0.6) is 0 Å². The SMILES string of the molecule is C[C@@H]1C[C@@H](C)C(C=O)OC1=O. The maximum absolute atomic E-state index is 10.9. The zero-order valence-corrected chi connectivity index (χ0v) is 6.74. The molecule has 62 valence electrons. The van der Waals surface area contributed by atoms with Gasteiger partial charge in [0.25, 0.3) is 0 Å². The number of ether oxygens (including phenoxy) is 1. The number of cyclic esters (lactones) is 1. The summed E-state index contributed by atoms with van der Waals surface area (Å²) in [6.07, 6.45) is 0.940. The monoisotopic (exact) mass is 156 g/mol. The first-order valence-corrected chi connectivity index (χ1v) is 3.81. The number of hydrogen-bond donors (Lipinski definition) is 0. The molecule has 3 nitrogen and oxygen atoms in total. The van der Waals surface area contributed by atoms with Gasteiger partial charge in [-0.05, 0) is 6.42 Å². The third kappa shape index (κ3) is 1.59. The van der Waals surface area contributed by atoms with E-state index in [0.717, 1.165) is 6.42 Å². The molecule has 1 fully saturated rings. The highest BCUT2D eigenvalue weighted by atomic mass is 16.5. The van der Waals surface area contributed by atoms with Gasteiger partial charge in [-0.25, -0.2) is 0 Å². The van der Waals surface area contributed by atoms with Crippen molar-refractivity contribution in [3.8, 4) is 0 Å². The number of carbonyl (C=O) groups is 2. The molecule has 3 atom stereocenters. The third-order valence-corrected chi connectivity index (χ3v) is 2.07. The van der Waals surface area contributed by atoms with E-state index in [4.69, 9.17) is 4.74 Å². The Labute approximate surface area is 65.7 Å². The van der Waals surface area contributed by atoms with Crippen molar-refractivity contribution in [1.29, 1.82) is 0 Å². The van der Waals surface area contributed by atoms with Crippen LogP contribution in [0.3, 0.4) is 0 Å². The molecule has 1 unspecified atom stereocenters. The Morgan fingerprint density at radius 1 is 1.55 bits per heavy atom. The van der Waals surface area contributed by atoms with Crippen LogP contribution < -0.4 is 0 Å². The normalized spacial score (nSPS) is 38.0. The molecular weight excluding hydrogens is 144 g/mol. The Kier molecular flexibility index (Phi) is 2.27. The van der Waals surface area contributed by atoms with Gasteiger partial charge in [0, 0.05) is 5.92 Å². The Hall–Kier alpha value is -0.860. The summed E-state index contributed by atoms with van der Waals surface area (Å²) < 4.78 is 4.85. The van der Waals surface area contributed by atoms with Crippen molar-refractivity contribution in [1.82, 2.24) is 0 Å². The summed E-state index contributed by atoms with van der Waals surface area (Å²) in [5.41, 5.74) is 0. The van der Waals surface area contributed by atoms with Gasteiger partial charge in [-0.3, -0.25) is 9.59 Å². The van der Waals surface area contributed by atoms with Gasteiger partial charge in [0.2, 0.25) is 0 Å². The molecule has 3 heteroatoms. The van der Waals surface area contributed by atoms with Gasteiger partial charge >= 0.3 is 5.97 Å². The average Bonchev–Trinajstić information content (AvgIpc) is 1.97. The standard InChI is InChI=1S/C8H12O3/c1-5-3-6(2)8(10)11-7(5)4-9/h4-7H,3H2,1-2H3/t5-,6-,7?/m1/s1. The van der Waals surface area contributed by atoms with E-state index < -0.39 is 6.10 Å². The van der Waals surface area contributed by atoms with E-state index in [0.29, 0.717) is 6.29 Å². The van der Waals surface area contributed by atoms with Crippen LogP contribution in [0.4, 0.5) is 0 Å². The van der Waals surface area contributed by atoms with E-state index in [2.05, 4.69) is 0 Å². The van der Waals surface area contributed by atoms with E-state index in [1.54, 1.807) is 0 Å². The van der Waals surface area contributed by atoms with Crippen LogP contribution in [0.1, 0.15) is 20.3 Å². The molecule has 1 rings (SSSR count). The predicted molar refractivity (Wildman–Crippen MR) is 38.9 cm³/mol. The summed E-state index contributed by atoms with van der Waals surface area (Å²) in [5, 5.41) is 0. The summed E-state index contributed by atoms with van der Waals surface area (Å²) in [6, 6.07) is 0. The predicted octanol–water partition coefficient (Wildman–Crippen LogP) is 0.773. The topological polar surface area (TPSA) is 43.4 Å². The Morgan fingerprint density at radius 2 is 2.18 bits per heavy atom. The third-order valence-electron chi connectivity index (χ3n) is 2.07. The quantitative estimate of drug-likeness (QED) is 0.416. The van der Waals surface area contributed by atoms with Crippen LogP contribution in [0.25, 0.3) is 0 Å². The fourth-order valence-corrected chi connectivity index (χ4v) is 1.32. The van der Waals surface area contributed by atoms with E-state index in [1.165, 1.54) is 0 Å². The average molecular weight is 156 g/mol.